The first-order valence-electron chi connectivity index (χ1n) is 4.22. The van der Waals surface area contributed by atoms with Crippen molar-refractivity contribution in [3.05, 3.63) is 0 Å². The minimum Gasteiger partial charge on any atom is -0.381 e. The van der Waals surface area contributed by atoms with Gasteiger partial charge in [-0.05, 0) is 32.2 Å². The van der Waals surface area contributed by atoms with Crippen molar-refractivity contribution in [2.24, 2.45) is 5.92 Å². The van der Waals surface area contributed by atoms with Crippen molar-refractivity contribution in [3.8, 4) is 0 Å². The Kier molecular flexibility index (Phi) is 7.02. The van der Waals surface area contributed by atoms with Crippen LogP contribution in [0.3, 0.4) is 0 Å². The van der Waals surface area contributed by atoms with Gasteiger partial charge in [0.1, 0.15) is 0 Å². The Hall–Kier alpha value is 0.210. The molecule has 68 valence electrons. The quantitative estimate of drug-likeness (QED) is 0.708. The lowest BCUT2D eigenvalue weighted by molar-refractivity contribution is 0.0998. The Morgan fingerprint density at radius 2 is 2.36 bits per heavy atom. The van der Waals surface area contributed by atoms with Gasteiger partial charge in [-0.25, -0.2) is 0 Å². The molecule has 0 amide bonds. The van der Waals surface area contributed by atoms with Crippen molar-refractivity contribution in [1.29, 1.82) is 0 Å². The Morgan fingerprint density at radius 1 is 1.55 bits per heavy atom. The van der Waals surface area contributed by atoms with Crippen molar-refractivity contribution >= 4 is 12.4 Å². The summed E-state index contributed by atoms with van der Waals surface area (Å²) in [4.78, 5) is 0. The third-order valence-electron chi connectivity index (χ3n) is 1.96. The molecule has 1 unspecified atom stereocenters. The summed E-state index contributed by atoms with van der Waals surface area (Å²) in [5.41, 5.74) is 0. The van der Waals surface area contributed by atoms with E-state index in [9.17, 15) is 0 Å². The maximum Gasteiger partial charge on any atom is 0.0506 e. The van der Waals surface area contributed by atoms with Gasteiger partial charge in [-0.1, -0.05) is 0 Å². The predicted octanol–water partition coefficient (Wildman–Crippen LogP) is 1.44. The first kappa shape index (κ1) is 11.2. The van der Waals surface area contributed by atoms with Crippen LogP contribution in [0.1, 0.15) is 19.8 Å². The molecule has 1 N–H and O–H groups in total. The molecule has 0 saturated carbocycles. The number of halogens is 1. The zero-order chi connectivity index (χ0) is 7.23. The third-order valence-corrected chi connectivity index (χ3v) is 1.96. The van der Waals surface area contributed by atoms with E-state index in [0.717, 1.165) is 25.7 Å². The van der Waals surface area contributed by atoms with Gasteiger partial charge in [0.25, 0.3) is 0 Å². The second kappa shape index (κ2) is 6.89. The van der Waals surface area contributed by atoms with Crippen molar-refractivity contribution < 1.29 is 4.74 Å². The van der Waals surface area contributed by atoms with Crippen LogP contribution in [0.4, 0.5) is 0 Å². The molecule has 1 rings (SSSR count). The molecule has 2 nitrogen and oxygen atoms in total. The van der Waals surface area contributed by atoms with Crippen LogP contribution in [0.15, 0.2) is 0 Å². The summed E-state index contributed by atoms with van der Waals surface area (Å²) in [5, 5.41) is 3.36. The highest BCUT2D eigenvalue weighted by Crippen LogP contribution is 2.09. The molecule has 0 aromatic rings. The summed E-state index contributed by atoms with van der Waals surface area (Å²) in [7, 11) is 0. The molecular formula is C8H18ClNO. The number of rotatable bonds is 3. The van der Waals surface area contributed by atoms with Crippen LogP contribution < -0.4 is 5.32 Å². The van der Waals surface area contributed by atoms with E-state index in [0.29, 0.717) is 0 Å². The fraction of sp³-hybridized carbons (Fsp3) is 1.00. The fourth-order valence-corrected chi connectivity index (χ4v) is 1.35. The summed E-state index contributed by atoms with van der Waals surface area (Å²) in [6.07, 6.45) is 2.66. The standard InChI is InChI=1S/C8H17NO.ClH/c1-2-10-7-8-4-3-5-9-6-8;/h8-9H,2-7H2,1H3;1H. The second-order valence-corrected chi connectivity index (χ2v) is 2.87. The minimum absolute atomic E-state index is 0. The molecule has 1 aliphatic rings. The largest absolute Gasteiger partial charge is 0.381 e. The molecule has 0 aliphatic carbocycles. The van der Waals surface area contributed by atoms with Crippen LogP contribution in [0.2, 0.25) is 0 Å². The van der Waals surface area contributed by atoms with E-state index in [-0.39, 0.29) is 12.4 Å². The van der Waals surface area contributed by atoms with Gasteiger partial charge in [0.15, 0.2) is 0 Å². The van der Waals surface area contributed by atoms with Crippen LogP contribution in [0, 0.1) is 5.92 Å². The highest BCUT2D eigenvalue weighted by molar-refractivity contribution is 5.85. The summed E-state index contributed by atoms with van der Waals surface area (Å²) in [6.45, 7) is 6.21. The molecule has 11 heavy (non-hydrogen) atoms. The van der Waals surface area contributed by atoms with Gasteiger partial charge in [0.05, 0.1) is 6.61 Å². The van der Waals surface area contributed by atoms with Crippen LogP contribution in [-0.4, -0.2) is 26.3 Å². The van der Waals surface area contributed by atoms with E-state index in [2.05, 4.69) is 12.2 Å². The summed E-state index contributed by atoms with van der Waals surface area (Å²) in [5.74, 6) is 0.772. The van der Waals surface area contributed by atoms with Gasteiger partial charge in [-0.3, -0.25) is 0 Å². The Morgan fingerprint density at radius 3 is 2.91 bits per heavy atom. The van der Waals surface area contributed by atoms with E-state index in [1.54, 1.807) is 0 Å². The SMILES string of the molecule is CCOCC1CCCNC1.Cl. The first-order valence-corrected chi connectivity index (χ1v) is 4.22. The van der Waals surface area contributed by atoms with Crippen molar-refractivity contribution in [2.45, 2.75) is 19.8 Å². The molecule has 1 fully saturated rings. The lowest BCUT2D eigenvalue weighted by Crippen LogP contribution is -2.32. The molecule has 0 radical (unpaired) electrons. The maximum atomic E-state index is 5.33. The van der Waals surface area contributed by atoms with Crippen LogP contribution in [0.5, 0.6) is 0 Å². The topological polar surface area (TPSA) is 21.3 Å². The Bertz CT molecular complexity index is 84.2. The van der Waals surface area contributed by atoms with Gasteiger partial charge in [0.2, 0.25) is 0 Å². The normalized spacial score (nSPS) is 24.3. The summed E-state index contributed by atoms with van der Waals surface area (Å²) >= 11 is 0. The number of nitrogens with one attached hydrogen (secondary N) is 1. The highest BCUT2D eigenvalue weighted by atomic mass is 35.5. The first-order chi connectivity index (χ1) is 4.93. The number of hydrogen-bond donors (Lipinski definition) is 1. The molecular weight excluding hydrogens is 162 g/mol. The van der Waals surface area contributed by atoms with E-state index >= 15 is 0 Å². The summed E-state index contributed by atoms with van der Waals surface area (Å²) < 4.78 is 5.33. The van der Waals surface area contributed by atoms with E-state index in [4.69, 9.17) is 4.74 Å². The van der Waals surface area contributed by atoms with Crippen molar-refractivity contribution in [1.82, 2.24) is 5.32 Å². The predicted molar refractivity (Wildman–Crippen MR) is 49.3 cm³/mol. The van der Waals surface area contributed by atoms with Gasteiger partial charge in [-0.15, -0.1) is 12.4 Å². The van der Waals surface area contributed by atoms with Gasteiger partial charge < -0.3 is 10.1 Å². The molecule has 0 aromatic heterocycles. The van der Waals surface area contributed by atoms with Crippen molar-refractivity contribution in [3.63, 3.8) is 0 Å². The molecule has 0 bridgehead atoms. The molecule has 0 spiro atoms. The highest BCUT2D eigenvalue weighted by Gasteiger charge is 2.11. The monoisotopic (exact) mass is 179 g/mol. The fourth-order valence-electron chi connectivity index (χ4n) is 1.35. The molecule has 1 atom stereocenters. The van der Waals surface area contributed by atoms with Crippen LogP contribution in [-0.2, 0) is 4.74 Å². The smallest absolute Gasteiger partial charge is 0.0506 e. The molecule has 0 aromatic carbocycles. The van der Waals surface area contributed by atoms with Crippen LogP contribution in [0.25, 0.3) is 0 Å². The number of hydrogen-bond acceptors (Lipinski definition) is 2. The van der Waals surface area contributed by atoms with E-state index in [1.165, 1.54) is 19.4 Å². The van der Waals surface area contributed by atoms with Crippen LogP contribution >= 0.6 is 12.4 Å². The molecule has 1 saturated heterocycles. The third kappa shape index (κ3) is 4.62. The Balaban J connectivity index is 0.000001000. The molecule has 3 heteroatoms. The van der Waals surface area contributed by atoms with Gasteiger partial charge >= 0.3 is 0 Å². The zero-order valence-electron chi connectivity index (χ0n) is 7.14. The van der Waals surface area contributed by atoms with Gasteiger partial charge in [0, 0.05) is 13.2 Å². The average molecular weight is 180 g/mol. The molecule has 1 aliphatic heterocycles. The Labute approximate surface area is 75.1 Å². The zero-order valence-corrected chi connectivity index (χ0v) is 7.95. The summed E-state index contributed by atoms with van der Waals surface area (Å²) in [6, 6.07) is 0. The molecule has 1 heterocycles. The van der Waals surface area contributed by atoms with E-state index < -0.39 is 0 Å². The average Bonchev–Trinajstić information content (AvgIpc) is 2.03. The van der Waals surface area contributed by atoms with Crippen molar-refractivity contribution in [2.75, 3.05) is 26.3 Å². The lowest BCUT2D eigenvalue weighted by Gasteiger charge is -2.21. The second-order valence-electron chi connectivity index (χ2n) is 2.87. The lowest BCUT2D eigenvalue weighted by atomic mass is 10.0. The van der Waals surface area contributed by atoms with E-state index in [1.807, 2.05) is 0 Å². The number of piperidine rings is 1. The number of ether oxygens (including phenoxy) is 1. The van der Waals surface area contributed by atoms with Gasteiger partial charge in [-0.2, -0.15) is 0 Å². The minimum atomic E-state index is 0. The maximum absolute atomic E-state index is 5.33.